The van der Waals surface area contributed by atoms with Crippen molar-refractivity contribution >= 4 is 19.7 Å². The van der Waals surface area contributed by atoms with Gasteiger partial charge in [0.25, 0.3) is 9.05 Å². The van der Waals surface area contributed by atoms with Crippen molar-refractivity contribution in [3.8, 4) is 0 Å². The fourth-order valence-electron chi connectivity index (χ4n) is 0.590. The van der Waals surface area contributed by atoms with Crippen LogP contribution in [-0.2, 0) is 9.05 Å². The Balaban J connectivity index is 3.24. The minimum atomic E-state index is -3.75. The van der Waals surface area contributed by atoms with Crippen LogP contribution < -0.4 is 4.84 Å². The summed E-state index contributed by atoms with van der Waals surface area (Å²) >= 11 is 0. The summed E-state index contributed by atoms with van der Waals surface area (Å²) in [6, 6.07) is 1.24. The first-order chi connectivity index (χ1) is 5.05. The van der Waals surface area contributed by atoms with Gasteiger partial charge < -0.3 is 4.84 Å². The van der Waals surface area contributed by atoms with Crippen LogP contribution in [-0.4, -0.2) is 25.5 Å². The number of aromatic nitrogens is 2. The summed E-state index contributed by atoms with van der Waals surface area (Å²) < 4.78 is 21.4. The summed E-state index contributed by atoms with van der Waals surface area (Å²) in [4.78, 5) is 5.38. The van der Waals surface area contributed by atoms with Crippen LogP contribution in [0.3, 0.4) is 0 Å². The molecule has 5 nitrogen and oxygen atoms in total. The predicted octanol–water partition coefficient (Wildman–Crippen LogP) is -0.131. The molecule has 0 saturated heterocycles. The summed E-state index contributed by atoms with van der Waals surface area (Å²) in [5, 5.41) is 3.35. The quantitative estimate of drug-likeness (QED) is 0.619. The second-order valence-corrected chi connectivity index (χ2v) is 4.18. The van der Waals surface area contributed by atoms with E-state index in [1.807, 2.05) is 0 Å². The molecule has 0 bridgehead atoms. The maximum Gasteiger partial charge on any atom is 0.282 e. The first-order valence-corrected chi connectivity index (χ1v) is 4.90. The summed E-state index contributed by atoms with van der Waals surface area (Å²) in [5.41, 5.74) is 0. The Labute approximate surface area is 67.9 Å². The van der Waals surface area contributed by atoms with Gasteiger partial charge in [0.2, 0.25) is 5.03 Å². The lowest BCUT2D eigenvalue weighted by Gasteiger charge is -1.99. The number of hydrogen-bond donors (Lipinski definition) is 0. The Kier molecular flexibility index (Phi) is 2.05. The van der Waals surface area contributed by atoms with E-state index in [0.717, 1.165) is 4.85 Å². The molecule has 11 heavy (non-hydrogen) atoms. The number of nitrogens with zero attached hydrogens (tertiary/aromatic N) is 2. The molecule has 0 unspecified atom stereocenters. The van der Waals surface area contributed by atoms with Crippen LogP contribution in [0.4, 0.5) is 0 Å². The molecule has 0 aliphatic heterocycles. The van der Waals surface area contributed by atoms with Crippen molar-refractivity contribution in [3.63, 3.8) is 0 Å². The van der Waals surface area contributed by atoms with Gasteiger partial charge in [-0.2, -0.15) is 0 Å². The van der Waals surface area contributed by atoms with Gasteiger partial charge in [0.05, 0.1) is 6.20 Å². The fourth-order valence-corrected chi connectivity index (χ4v) is 1.45. The van der Waals surface area contributed by atoms with Crippen LogP contribution in [0.1, 0.15) is 0 Å². The first kappa shape index (κ1) is 8.35. The SMILES string of the molecule is COn1nccc1S(=O)(=O)Cl. The summed E-state index contributed by atoms with van der Waals surface area (Å²) in [7, 11) is 2.55. The minimum Gasteiger partial charge on any atom is -0.399 e. The van der Waals surface area contributed by atoms with Crippen LogP contribution in [0.25, 0.3) is 0 Å². The molecule has 0 aromatic carbocycles. The lowest BCUT2D eigenvalue weighted by Crippen LogP contribution is -2.12. The fraction of sp³-hybridized carbons (Fsp3) is 0.250. The van der Waals surface area contributed by atoms with Crippen molar-refractivity contribution in [2.24, 2.45) is 0 Å². The maximum absolute atomic E-state index is 10.7. The predicted molar refractivity (Wildman–Crippen MR) is 37.8 cm³/mol. The molecular formula is C4H5ClN2O3S. The molecule has 1 heterocycles. The average Bonchev–Trinajstić information content (AvgIpc) is 2.31. The van der Waals surface area contributed by atoms with Gasteiger partial charge in [-0.25, -0.2) is 8.42 Å². The Morgan fingerprint density at radius 2 is 2.36 bits per heavy atom. The van der Waals surface area contributed by atoms with Crippen LogP contribution in [0.15, 0.2) is 17.3 Å². The normalized spacial score (nSPS) is 11.5. The highest BCUT2D eigenvalue weighted by atomic mass is 35.7. The maximum atomic E-state index is 10.7. The topological polar surface area (TPSA) is 61.2 Å². The van der Waals surface area contributed by atoms with Crippen LogP contribution in [0.2, 0.25) is 0 Å². The van der Waals surface area contributed by atoms with Crippen molar-refractivity contribution in [2.45, 2.75) is 5.03 Å². The monoisotopic (exact) mass is 196 g/mol. The molecule has 1 rings (SSSR count). The molecule has 7 heteroatoms. The summed E-state index contributed by atoms with van der Waals surface area (Å²) in [6.45, 7) is 0. The second-order valence-electron chi connectivity index (χ2n) is 1.66. The molecule has 0 saturated carbocycles. The van der Waals surface area contributed by atoms with Crippen molar-refractivity contribution in [1.82, 2.24) is 9.94 Å². The molecule has 0 spiro atoms. The zero-order valence-electron chi connectivity index (χ0n) is 5.56. The van der Waals surface area contributed by atoms with E-state index in [9.17, 15) is 8.42 Å². The van der Waals surface area contributed by atoms with Gasteiger partial charge in [-0.15, -0.1) is 5.10 Å². The van der Waals surface area contributed by atoms with Gasteiger partial charge in [0.1, 0.15) is 7.11 Å². The largest absolute Gasteiger partial charge is 0.399 e. The standard InChI is InChI=1S/C4H5ClN2O3S/c1-10-7-4(2-3-6-7)11(5,8)9/h2-3H,1H3. The van der Waals surface area contributed by atoms with Crippen LogP contribution >= 0.6 is 10.7 Å². The van der Waals surface area contributed by atoms with Crippen LogP contribution in [0.5, 0.6) is 0 Å². The highest BCUT2D eigenvalue weighted by Gasteiger charge is 2.16. The van der Waals surface area contributed by atoms with E-state index in [0.29, 0.717) is 0 Å². The highest BCUT2D eigenvalue weighted by molar-refractivity contribution is 8.13. The van der Waals surface area contributed by atoms with E-state index in [1.165, 1.54) is 19.4 Å². The molecule has 62 valence electrons. The van der Waals surface area contributed by atoms with Gasteiger partial charge in [0, 0.05) is 16.7 Å². The molecule has 1 aromatic rings. The average molecular weight is 197 g/mol. The Hall–Kier alpha value is -0.750. The summed E-state index contributed by atoms with van der Waals surface area (Å²) in [5.74, 6) is 0. The molecule has 0 fully saturated rings. The highest BCUT2D eigenvalue weighted by Crippen LogP contribution is 2.11. The van der Waals surface area contributed by atoms with Gasteiger partial charge in [-0.1, -0.05) is 4.85 Å². The third-order valence-electron chi connectivity index (χ3n) is 1.000. The number of halogens is 1. The molecule has 0 aliphatic rings. The van der Waals surface area contributed by atoms with Gasteiger partial charge >= 0.3 is 0 Å². The molecule has 0 radical (unpaired) electrons. The first-order valence-electron chi connectivity index (χ1n) is 2.59. The number of hydrogen-bond acceptors (Lipinski definition) is 4. The van der Waals surface area contributed by atoms with E-state index in [-0.39, 0.29) is 5.03 Å². The molecule has 0 amide bonds. The van der Waals surface area contributed by atoms with Crippen molar-refractivity contribution in [3.05, 3.63) is 12.3 Å². The minimum absolute atomic E-state index is 0.179. The third-order valence-corrected chi connectivity index (χ3v) is 2.27. The van der Waals surface area contributed by atoms with E-state index < -0.39 is 9.05 Å². The third kappa shape index (κ3) is 1.63. The molecule has 0 atom stereocenters. The lowest BCUT2D eigenvalue weighted by atomic mass is 10.8. The summed E-state index contributed by atoms with van der Waals surface area (Å²) in [6.07, 6.45) is 1.28. The van der Waals surface area contributed by atoms with E-state index >= 15 is 0 Å². The Bertz CT molecular complexity index is 344. The second kappa shape index (κ2) is 2.71. The Morgan fingerprint density at radius 1 is 1.73 bits per heavy atom. The van der Waals surface area contributed by atoms with Crippen molar-refractivity contribution in [2.75, 3.05) is 7.11 Å². The lowest BCUT2D eigenvalue weighted by molar-refractivity contribution is 0.112. The van der Waals surface area contributed by atoms with Gasteiger partial charge in [-0.05, 0) is 0 Å². The molecular weight excluding hydrogens is 192 g/mol. The smallest absolute Gasteiger partial charge is 0.282 e. The van der Waals surface area contributed by atoms with Crippen molar-refractivity contribution in [1.29, 1.82) is 0 Å². The molecule has 0 aliphatic carbocycles. The Morgan fingerprint density at radius 3 is 2.73 bits per heavy atom. The number of rotatable bonds is 2. The van der Waals surface area contributed by atoms with E-state index in [2.05, 4.69) is 9.94 Å². The van der Waals surface area contributed by atoms with Gasteiger partial charge in [-0.3, -0.25) is 0 Å². The van der Waals surface area contributed by atoms with Crippen molar-refractivity contribution < 1.29 is 13.3 Å². The van der Waals surface area contributed by atoms with E-state index in [4.69, 9.17) is 10.7 Å². The van der Waals surface area contributed by atoms with E-state index in [1.54, 1.807) is 0 Å². The van der Waals surface area contributed by atoms with Crippen LogP contribution in [0, 0.1) is 0 Å². The zero-order chi connectivity index (χ0) is 8.48. The zero-order valence-corrected chi connectivity index (χ0v) is 7.13. The molecule has 1 aromatic heterocycles. The molecule has 0 N–H and O–H groups in total. The van der Waals surface area contributed by atoms with Gasteiger partial charge in [0.15, 0.2) is 0 Å².